The van der Waals surface area contributed by atoms with E-state index in [2.05, 4.69) is 66.7 Å². The van der Waals surface area contributed by atoms with E-state index in [1.54, 1.807) is 18.4 Å². The maximum Gasteiger partial charge on any atom is 0.174 e. The smallest absolute Gasteiger partial charge is 0.174 e. The molecule has 0 saturated carbocycles. The molecule has 0 aliphatic rings. The average molecular weight is 349 g/mol. The van der Waals surface area contributed by atoms with Gasteiger partial charge >= 0.3 is 0 Å². The van der Waals surface area contributed by atoms with Crippen molar-refractivity contribution in [2.75, 3.05) is 25.6 Å². The summed E-state index contributed by atoms with van der Waals surface area (Å²) < 4.78 is 5.26. The van der Waals surface area contributed by atoms with Crippen LogP contribution in [0.1, 0.15) is 29.0 Å². The van der Waals surface area contributed by atoms with Crippen LogP contribution in [0.2, 0.25) is 0 Å². The van der Waals surface area contributed by atoms with E-state index in [0.717, 1.165) is 17.3 Å². The highest BCUT2D eigenvalue weighted by molar-refractivity contribution is 7.80. The Morgan fingerprint density at radius 1 is 1.35 bits per heavy atom. The Balaban J connectivity index is 2.17. The van der Waals surface area contributed by atoms with Gasteiger partial charge in [-0.25, -0.2) is 0 Å². The lowest BCUT2D eigenvalue weighted by atomic mass is 10.1. The van der Waals surface area contributed by atoms with Gasteiger partial charge in [0, 0.05) is 24.2 Å². The van der Waals surface area contributed by atoms with Crippen molar-refractivity contribution in [1.82, 2.24) is 4.90 Å². The van der Waals surface area contributed by atoms with Gasteiger partial charge in [-0.1, -0.05) is 18.2 Å². The Morgan fingerprint density at radius 3 is 2.78 bits per heavy atom. The summed E-state index contributed by atoms with van der Waals surface area (Å²) in [5, 5.41) is 6.24. The van der Waals surface area contributed by atoms with Crippen molar-refractivity contribution < 1.29 is 4.74 Å². The van der Waals surface area contributed by atoms with Gasteiger partial charge in [-0.15, -0.1) is 11.3 Å². The minimum atomic E-state index is 0.218. The lowest BCUT2D eigenvalue weighted by molar-refractivity contribution is 0.166. The second kappa shape index (κ2) is 8.43. The molecule has 0 amide bonds. The Bertz CT molecular complexity index is 640. The molecule has 2 aromatic rings. The SMILES string of the molecule is COCCN(C(=S)Nc1cc(C)ccc1C)[C@@H](C)c1cccs1. The molecule has 1 heterocycles. The summed E-state index contributed by atoms with van der Waals surface area (Å²) in [7, 11) is 1.72. The number of thiophene rings is 1. The van der Waals surface area contributed by atoms with E-state index in [9.17, 15) is 0 Å². The molecule has 0 fully saturated rings. The quantitative estimate of drug-likeness (QED) is 0.760. The predicted molar refractivity (Wildman–Crippen MR) is 103 cm³/mol. The molecule has 1 aromatic heterocycles. The number of nitrogens with one attached hydrogen (secondary N) is 1. The molecule has 0 saturated heterocycles. The molecule has 0 radical (unpaired) electrons. The molecule has 124 valence electrons. The first-order chi connectivity index (χ1) is 11.0. The number of hydrogen-bond donors (Lipinski definition) is 1. The lowest BCUT2D eigenvalue weighted by Crippen LogP contribution is -2.39. The average Bonchev–Trinajstić information content (AvgIpc) is 3.05. The van der Waals surface area contributed by atoms with Crippen molar-refractivity contribution in [2.45, 2.75) is 26.8 Å². The fourth-order valence-electron chi connectivity index (χ4n) is 2.40. The summed E-state index contributed by atoms with van der Waals surface area (Å²) in [6.45, 7) is 7.76. The molecule has 1 atom stereocenters. The van der Waals surface area contributed by atoms with Crippen LogP contribution in [0.4, 0.5) is 5.69 Å². The first kappa shape index (κ1) is 17.9. The molecule has 0 aliphatic carbocycles. The van der Waals surface area contributed by atoms with Crippen LogP contribution < -0.4 is 5.32 Å². The van der Waals surface area contributed by atoms with Crippen molar-refractivity contribution >= 4 is 34.4 Å². The van der Waals surface area contributed by atoms with Crippen LogP contribution in [0, 0.1) is 13.8 Å². The van der Waals surface area contributed by atoms with Crippen molar-refractivity contribution in [2.24, 2.45) is 0 Å². The number of benzene rings is 1. The van der Waals surface area contributed by atoms with Crippen LogP contribution in [-0.4, -0.2) is 30.3 Å². The largest absolute Gasteiger partial charge is 0.383 e. The zero-order chi connectivity index (χ0) is 16.8. The molecule has 0 aliphatic heterocycles. The van der Waals surface area contributed by atoms with Gasteiger partial charge in [0.1, 0.15) is 0 Å². The van der Waals surface area contributed by atoms with Gasteiger partial charge in [-0.3, -0.25) is 0 Å². The summed E-state index contributed by atoms with van der Waals surface area (Å²) >= 11 is 7.44. The van der Waals surface area contributed by atoms with E-state index in [4.69, 9.17) is 17.0 Å². The fraction of sp³-hybridized carbons (Fsp3) is 0.389. The molecule has 23 heavy (non-hydrogen) atoms. The van der Waals surface area contributed by atoms with Gasteiger partial charge in [-0.2, -0.15) is 0 Å². The maximum atomic E-state index is 5.69. The van der Waals surface area contributed by atoms with Crippen LogP contribution in [0.15, 0.2) is 35.7 Å². The van der Waals surface area contributed by atoms with Crippen LogP contribution in [-0.2, 0) is 4.74 Å². The predicted octanol–water partition coefficient (Wildman–Crippen LogP) is 4.77. The highest BCUT2D eigenvalue weighted by Gasteiger charge is 2.19. The van der Waals surface area contributed by atoms with Crippen LogP contribution in [0.25, 0.3) is 0 Å². The Morgan fingerprint density at radius 2 is 2.13 bits per heavy atom. The summed E-state index contributed by atoms with van der Waals surface area (Å²) in [5.74, 6) is 0. The summed E-state index contributed by atoms with van der Waals surface area (Å²) in [6.07, 6.45) is 0. The van der Waals surface area contributed by atoms with Gasteiger partial charge < -0.3 is 15.0 Å². The number of ether oxygens (including phenoxy) is 1. The Kier molecular flexibility index (Phi) is 6.57. The number of nitrogens with zero attached hydrogens (tertiary/aromatic N) is 1. The molecule has 1 aromatic carbocycles. The Labute approximate surface area is 148 Å². The third-order valence-corrected chi connectivity index (χ3v) is 5.23. The van der Waals surface area contributed by atoms with Gasteiger partial charge in [0.25, 0.3) is 0 Å². The maximum absolute atomic E-state index is 5.69. The molecule has 1 N–H and O–H groups in total. The molecular formula is C18H24N2OS2. The number of hydrogen-bond acceptors (Lipinski definition) is 3. The molecular weight excluding hydrogens is 324 g/mol. The van der Waals surface area contributed by atoms with Gasteiger partial charge in [0.05, 0.1) is 12.6 Å². The van der Waals surface area contributed by atoms with Crippen molar-refractivity contribution in [3.05, 3.63) is 51.7 Å². The highest BCUT2D eigenvalue weighted by atomic mass is 32.1. The first-order valence-corrected chi connectivity index (χ1v) is 8.99. The normalized spacial score (nSPS) is 12.0. The molecule has 0 bridgehead atoms. The number of methoxy groups -OCH3 is 1. The number of thiocarbonyl (C=S) groups is 1. The standard InChI is InChI=1S/C18H24N2OS2/c1-13-7-8-14(2)16(12-13)19-18(22)20(9-10-21-4)15(3)17-6-5-11-23-17/h5-8,11-12,15H,9-10H2,1-4H3,(H,19,22)/t15-/m0/s1. The second-order valence-electron chi connectivity index (χ2n) is 5.63. The Hall–Kier alpha value is -1.43. The van der Waals surface area contributed by atoms with Gasteiger partial charge in [0.15, 0.2) is 5.11 Å². The van der Waals surface area contributed by atoms with Crippen LogP contribution >= 0.6 is 23.6 Å². The molecule has 2 rings (SSSR count). The third-order valence-electron chi connectivity index (χ3n) is 3.85. The number of aryl methyl sites for hydroxylation is 2. The van der Waals surface area contributed by atoms with Crippen LogP contribution in [0.5, 0.6) is 0 Å². The fourth-order valence-corrected chi connectivity index (χ4v) is 3.56. The monoisotopic (exact) mass is 348 g/mol. The van der Waals surface area contributed by atoms with E-state index in [1.807, 2.05) is 0 Å². The topological polar surface area (TPSA) is 24.5 Å². The summed E-state index contributed by atoms with van der Waals surface area (Å²) in [6, 6.07) is 10.8. The second-order valence-corrected chi connectivity index (χ2v) is 6.99. The first-order valence-electron chi connectivity index (χ1n) is 7.70. The van der Waals surface area contributed by atoms with E-state index >= 15 is 0 Å². The summed E-state index contributed by atoms with van der Waals surface area (Å²) in [4.78, 5) is 3.48. The molecule has 0 spiro atoms. The lowest BCUT2D eigenvalue weighted by Gasteiger charge is -2.31. The summed E-state index contributed by atoms with van der Waals surface area (Å²) in [5.41, 5.74) is 3.47. The van der Waals surface area contributed by atoms with Crippen LogP contribution in [0.3, 0.4) is 0 Å². The van der Waals surface area contributed by atoms with Crippen molar-refractivity contribution in [3.8, 4) is 0 Å². The minimum Gasteiger partial charge on any atom is -0.383 e. The van der Waals surface area contributed by atoms with Gasteiger partial charge in [-0.05, 0) is 61.6 Å². The van der Waals surface area contributed by atoms with Crippen molar-refractivity contribution in [1.29, 1.82) is 0 Å². The molecule has 0 unspecified atom stereocenters. The zero-order valence-electron chi connectivity index (χ0n) is 14.1. The third kappa shape index (κ3) is 4.77. The van der Waals surface area contributed by atoms with E-state index in [-0.39, 0.29) is 6.04 Å². The molecule has 5 heteroatoms. The van der Waals surface area contributed by atoms with E-state index in [0.29, 0.717) is 6.61 Å². The van der Waals surface area contributed by atoms with E-state index < -0.39 is 0 Å². The number of rotatable bonds is 6. The minimum absolute atomic E-state index is 0.218. The number of anilines is 1. The highest BCUT2D eigenvalue weighted by Crippen LogP contribution is 2.26. The molecule has 3 nitrogen and oxygen atoms in total. The zero-order valence-corrected chi connectivity index (χ0v) is 15.8. The van der Waals surface area contributed by atoms with Crippen molar-refractivity contribution in [3.63, 3.8) is 0 Å². The van der Waals surface area contributed by atoms with Gasteiger partial charge in [0.2, 0.25) is 0 Å². The van der Waals surface area contributed by atoms with E-state index in [1.165, 1.54) is 16.0 Å².